The number of nitrogens with zero attached hydrogens (tertiary/aromatic N) is 2. The van der Waals surface area contributed by atoms with E-state index in [0.29, 0.717) is 33.6 Å². The van der Waals surface area contributed by atoms with E-state index >= 15 is 0 Å². The summed E-state index contributed by atoms with van der Waals surface area (Å²) >= 11 is 0. The van der Waals surface area contributed by atoms with E-state index < -0.39 is 0 Å². The zero-order chi connectivity index (χ0) is 22.1. The number of ether oxygens (including phenoxy) is 1. The lowest BCUT2D eigenvalue weighted by Crippen LogP contribution is -2.35. The van der Waals surface area contributed by atoms with Crippen molar-refractivity contribution in [1.82, 2.24) is 9.66 Å². The van der Waals surface area contributed by atoms with Gasteiger partial charge in [-0.3, -0.25) is 15.0 Å². The first-order valence-electron chi connectivity index (χ1n) is 9.94. The maximum absolute atomic E-state index is 13.3. The maximum Gasteiger partial charge on any atom is 0.280 e. The number of hydrogen-bond acceptors (Lipinski definition) is 4. The molecular weight excluding hydrogens is 390 g/mol. The van der Waals surface area contributed by atoms with Crippen molar-refractivity contribution in [3.63, 3.8) is 0 Å². The molecule has 0 saturated carbocycles. The van der Waals surface area contributed by atoms with E-state index in [0.717, 1.165) is 16.7 Å². The number of nitrogens with one attached hydrogen (secondary N) is 1. The number of benzene rings is 3. The molecular formula is C25H23N3O3. The fourth-order valence-corrected chi connectivity index (χ4v) is 3.56. The lowest BCUT2D eigenvalue weighted by molar-refractivity contribution is 0.101. The summed E-state index contributed by atoms with van der Waals surface area (Å²) in [6.07, 6.45) is 0. The van der Waals surface area contributed by atoms with Gasteiger partial charge in [0.15, 0.2) is 5.82 Å². The van der Waals surface area contributed by atoms with Crippen molar-refractivity contribution in [3.8, 4) is 17.1 Å². The second-order valence-electron chi connectivity index (χ2n) is 7.52. The van der Waals surface area contributed by atoms with Gasteiger partial charge in [0, 0.05) is 11.1 Å². The van der Waals surface area contributed by atoms with Gasteiger partial charge in [0.1, 0.15) is 5.75 Å². The molecule has 0 unspecified atom stereocenters. The third-order valence-corrected chi connectivity index (χ3v) is 5.40. The molecule has 1 heterocycles. The van der Waals surface area contributed by atoms with E-state index in [-0.39, 0.29) is 11.5 Å². The smallest absolute Gasteiger partial charge is 0.280 e. The summed E-state index contributed by atoms with van der Waals surface area (Å²) in [5.41, 5.74) is 7.10. The van der Waals surface area contributed by atoms with Crippen molar-refractivity contribution in [2.24, 2.45) is 0 Å². The molecule has 6 heteroatoms. The van der Waals surface area contributed by atoms with E-state index in [9.17, 15) is 9.59 Å². The fraction of sp³-hybridized carbons (Fsp3) is 0.160. The van der Waals surface area contributed by atoms with Crippen LogP contribution in [0.3, 0.4) is 0 Å². The van der Waals surface area contributed by atoms with Gasteiger partial charge in [0.2, 0.25) is 0 Å². The number of para-hydroxylation sites is 1. The Bertz CT molecular complexity index is 1370. The lowest BCUT2D eigenvalue weighted by atomic mass is 10.0. The fourth-order valence-electron chi connectivity index (χ4n) is 3.56. The molecule has 31 heavy (non-hydrogen) atoms. The van der Waals surface area contributed by atoms with Gasteiger partial charge in [-0.15, -0.1) is 0 Å². The summed E-state index contributed by atoms with van der Waals surface area (Å²) in [5, 5.41) is 0.422. The Morgan fingerprint density at radius 3 is 2.45 bits per heavy atom. The van der Waals surface area contributed by atoms with Crippen LogP contribution in [0.2, 0.25) is 0 Å². The van der Waals surface area contributed by atoms with Crippen molar-refractivity contribution in [2.45, 2.75) is 20.8 Å². The van der Waals surface area contributed by atoms with Crippen molar-refractivity contribution in [1.29, 1.82) is 0 Å². The van der Waals surface area contributed by atoms with Gasteiger partial charge in [0.05, 0.1) is 18.0 Å². The van der Waals surface area contributed by atoms with Gasteiger partial charge >= 0.3 is 0 Å². The van der Waals surface area contributed by atoms with E-state index in [1.807, 2.05) is 57.2 Å². The van der Waals surface area contributed by atoms with Crippen LogP contribution in [0.5, 0.6) is 5.75 Å². The van der Waals surface area contributed by atoms with Crippen LogP contribution in [0.4, 0.5) is 0 Å². The Kier molecular flexibility index (Phi) is 5.29. The highest BCUT2D eigenvalue weighted by molar-refractivity contribution is 6.01. The zero-order valence-electron chi connectivity index (χ0n) is 17.9. The van der Waals surface area contributed by atoms with Gasteiger partial charge < -0.3 is 4.74 Å². The highest BCUT2D eigenvalue weighted by Crippen LogP contribution is 2.23. The molecule has 1 amide bonds. The number of carbonyl (C=O) groups excluding carboxylic acids is 1. The van der Waals surface area contributed by atoms with Crippen LogP contribution >= 0.6 is 0 Å². The van der Waals surface area contributed by atoms with Gasteiger partial charge in [-0.1, -0.05) is 30.3 Å². The lowest BCUT2D eigenvalue weighted by Gasteiger charge is -2.16. The van der Waals surface area contributed by atoms with Crippen LogP contribution in [-0.4, -0.2) is 22.7 Å². The average molecular weight is 413 g/mol. The van der Waals surface area contributed by atoms with E-state index in [1.165, 1.54) is 4.68 Å². The highest BCUT2D eigenvalue weighted by atomic mass is 16.5. The van der Waals surface area contributed by atoms with Gasteiger partial charge in [-0.25, -0.2) is 4.98 Å². The first kappa shape index (κ1) is 20.3. The number of amides is 1. The average Bonchev–Trinajstić information content (AvgIpc) is 2.78. The molecule has 0 aliphatic rings. The zero-order valence-corrected chi connectivity index (χ0v) is 17.9. The quantitative estimate of drug-likeness (QED) is 0.539. The molecule has 0 aliphatic carbocycles. The molecule has 0 fully saturated rings. The van der Waals surface area contributed by atoms with E-state index in [2.05, 4.69) is 10.4 Å². The van der Waals surface area contributed by atoms with Gasteiger partial charge in [-0.05, 0) is 67.8 Å². The van der Waals surface area contributed by atoms with Crippen LogP contribution in [0.25, 0.3) is 22.3 Å². The van der Waals surface area contributed by atoms with Gasteiger partial charge in [0.25, 0.3) is 11.5 Å². The van der Waals surface area contributed by atoms with Crippen LogP contribution in [-0.2, 0) is 0 Å². The Hall–Kier alpha value is -3.93. The third kappa shape index (κ3) is 3.80. The van der Waals surface area contributed by atoms with Crippen molar-refractivity contribution in [2.75, 3.05) is 12.5 Å². The van der Waals surface area contributed by atoms with Crippen LogP contribution < -0.4 is 15.7 Å². The molecule has 1 aromatic heterocycles. The van der Waals surface area contributed by atoms with Crippen molar-refractivity contribution < 1.29 is 9.53 Å². The van der Waals surface area contributed by atoms with Crippen LogP contribution in [0.1, 0.15) is 27.0 Å². The molecule has 0 bridgehead atoms. The minimum atomic E-state index is -0.371. The topological polar surface area (TPSA) is 73.2 Å². The Labute approximate surface area is 180 Å². The summed E-state index contributed by atoms with van der Waals surface area (Å²) in [7, 11) is 1.57. The van der Waals surface area contributed by atoms with E-state index in [1.54, 1.807) is 31.4 Å². The minimum Gasteiger partial charge on any atom is -0.497 e. The molecule has 4 aromatic rings. The minimum absolute atomic E-state index is 0.331. The van der Waals surface area contributed by atoms with Crippen LogP contribution in [0, 0.1) is 20.8 Å². The maximum atomic E-state index is 13.3. The predicted octanol–water partition coefficient (Wildman–Crippen LogP) is 4.38. The molecule has 0 atom stereocenters. The highest BCUT2D eigenvalue weighted by Gasteiger charge is 2.18. The number of aromatic nitrogens is 2. The summed E-state index contributed by atoms with van der Waals surface area (Å²) in [4.78, 5) is 31.2. The molecule has 3 aromatic carbocycles. The van der Waals surface area contributed by atoms with Gasteiger partial charge in [-0.2, -0.15) is 4.68 Å². The number of methoxy groups -OCH3 is 1. The second kappa shape index (κ2) is 8.07. The molecule has 156 valence electrons. The normalized spacial score (nSPS) is 10.8. The first-order valence-corrected chi connectivity index (χ1v) is 9.94. The Balaban J connectivity index is 1.90. The number of hydrogen-bond donors (Lipinski definition) is 1. The Morgan fingerprint density at radius 1 is 0.935 bits per heavy atom. The molecule has 6 nitrogen and oxygen atoms in total. The van der Waals surface area contributed by atoms with Crippen LogP contribution in [0.15, 0.2) is 65.5 Å². The molecule has 4 rings (SSSR count). The largest absolute Gasteiger partial charge is 0.497 e. The standard InChI is InChI=1S/C25H23N3O3/c1-15-12-17(3)21(13-16(15)2)24(29)27-28-23(18-8-7-9-19(14-18)31-4)26-22-11-6-5-10-20(22)25(28)30/h5-14H,1-4H3,(H,27,29). The summed E-state index contributed by atoms with van der Waals surface area (Å²) in [5.74, 6) is 0.587. The first-order chi connectivity index (χ1) is 14.9. The SMILES string of the molecule is COc1cccc(-c2nc3ccccc3c(=O)n2NC(=O)c2cc(C)c(C)cc2C)c1. The summed E-state index contributed by atoms with van der Waals surface area (Å²) in [6, 6.07) is 18.1. The molecule has 1 N–H and O–H groups in total. The molecule has 0 spiro atoms. The molecule has 0 aliphatic heterocycles. The number of aryl methyl sites for hydroxylation is 3. The predicted molar refractivity (Wildman–Crippen MR) is 122 cm³/mol. The number of fused-ring (bicyclic) bond motifs is 1. The molecule has 0 radical (unpaired) electrons. The van der Waals surface area contributed by atoms with Crippen molar-refractivity contribution in [3.05, 3.63) is 93.3 Å². The molecule has 0 saturated heterocycles. The second-order valence-corrected chi connectivity index (χ2v) is 7.52. The Morgan fingerprint density at radius 2 is 1.68 bits per heavy atom. The monoisotopic (exact) mass is 413 g/mol. The summed E-state index contributed by atoms with van der Waals surface area (Å²) < 4.78 is 6.54. The summed E-state index contributed by atoms with van der Waals surface area (Å²) in [6.45, 7) is 5.84. The van der Waals surface area contributed by atoms with Crippen molar-refractivity contribution >= 4 is 16.8 Å². The number of rotatable bonds is 4. The number of carbonyl (C=O) groups is 1. The van der Waals surface area contributed by atoms with E-state index in [4.69, 9.17) is 4.74 Å². The third-order valence-electron chi connectivity index (χ3n) is 5.40.